The van der Waals surface area contributed by atoms with Crippen LogP contribution < -0.4 is 0 Å². The van der Waals surface area contributed by atoms with Gasteiger partial charge in [-0.1, -0.05) is 6.42 Å². The average Bonchev–Trinajstić information content (AvgIpc) is 2.72. The number of morpholine rings is 1. The number of fused-ring (bicyclic) bond motifs is 1. The van der Waals surface area contributed by atoms with Crippen LogP contribution >= 0.6 is 0 Å². The van der Waals surface area contributed by atoms with Crippen molar-refractivity contribution in [1.29, 1.82) is 0 Å². The van der Waals surface area contributed by atoms with Crippen molar-refractivity contribution < 1.29 is 4.74 Å². The van der Waals surface area contributed by atoms with Gasteiger partial charge in [-0.3, -0.25) is 4.90 Å². The fourth-order valence-electron chi connectivity index (χ4n) is 3.25. The van der Waals surface area contributed by atoms with Gasteiger partial charge in [0.05, 0.1) is 13.2 Å². The van der Waals surface area contributed by atoms with E-state index in [0.717, 1.165) is 19.1 Å². The maximum atomic E-state index is 5.38. The van der Waals surface area contributed by atoms with Crippen molar-refractivity contribution in [2.75, 3.05) is 26.3 Å². The lowest BCUT2D eigenvalue weighted by Crippen LogP contribution is -2.45. The lowest BCUT2D eigenvalue weighted by atomic mass is 10.1. The molecule has 0 radical (unpaired) electrons. The van der Waals surface area contributed by atoms with Crippen molar-refractivity contribution in [2.24, 2.45) is 5.92 Å². The van der Waals surface area contributed by atoms with E-state index in [1.807, 2.05) is 0 Å². The molecule has 2 unspecified atom stereocenters. The Morgan fingerprint density at radius 2 is 2.08 bits per heavy atom. The Kier molecular flexibility index (Phi) is 1.50. The summed E-state index contributed by atoms with van der Waals surface area (Å²) in [6.45, 7) is 4.32. The first-order chi connectivity index (χ1) is 5.92. The molecular weight excluding hydrogens is 150 g/mol. The van der Waals surface area contributed by atoms with Crippen LogP contribution in [0.25, 0.3) is 0 Å². The van der Waals surface area contributed by atoms with Gasteiger partial charge in [-0.25, -0.2) is 0 Å². The van der Waals surface area contributed by atoms with Crippen LogP contribution in [-0.4, -0.2) is 36.7 Å². The summed E-state index contributed by atoms with van der Waals surface area (Å²) >= 11 is 0. The molecule has 2 saturated carbocycles. The zero-order valence-corrected chi connectivity index (χ0v) is 7.59. The lowest BCUT2D eigenvalue weighted by Gasteiger charge is -2.34. The Balaban J connectivity index is 1.71. The Morgan fingerprint density at radius 3 is 2.67 bits per heavy atom. The summed E-state index contributed by atoms with van der Waals surface area (Å²) in [7, 11) is 0. The molecule has 1 saturated heterocycles. The molecule has 0 spiro atoms. The molecule has 12 heavy (non-hydrogen) atoms. The summed E-state index contributed by atoms with van der Waals surface area (Å²) < 4.78 is 5.38. The first kappa shape index (κ1) is 7.34. The maximum absolute atomic E-state index is 5.38. The highest BCUT2D eigenvalue weighted by Crippen LogP contribution is 2.59. The molecule has 0 N–H and O–H groups in total. The van der Waals surface area contributed by atoms with Gasteiger partial charge >= 0.3 is 0 Å². The van der Waals surface area contributed by atoms with Gasteiger partial charge in [0.15, 0.2) is 0 Å². The lowest BCUT2D eigenvalue weighted by molar-refractivity contribution is 0.00761. The number of hydrogen-bond donors (Lipinski definition) is 0. The van der Waals surface area contributed by atoms with Crippen LogP contribution in [0.15, 0.2) is 0 Å². The Labute approximate surface area is 73.9 Å². The summed E-state index contributed by atoms with van der Waals surface area (Å²) in [6, 6.07) is 0. The molecule has 3 rings (SSSR count). The van der Waals surface area contributed by atoms with Crippen molar-refractivity contribution in [3.05, 3.63) is 0 Å². The molecule has 2 aliphatic carbocycles. The zero-order chi connectivity index (χ0) is 8.02. The van der Waals surface area contributed by atoms with E-state index in [0.29, 0.717) is 5.54 Å². The highest BCUT2D eigenvalue weighted by atomic mass is 16.5. The number of nitrogens with zero attached hydrogens (tertiary/aromatic N) is 1. The first-order valence-electron chi connectivity index (χ1n) is 5.25. The number of ether oxygens (including phenoxy) is 1. The van der Waals surface area contributed by atoms with Gasteiger partial charge in [0, 0.05) is 18.6 Å². The Bertz CT molecular complexity index is 188. The molecule has 68 valence electrons. The fourth-order valence-corrected chi connectivity index (χ4v) is 3.25. The first-order valence-corrected chi connectivity index (χ1v) is 5.25. The van der Waals surface area contributed by atoms with Crippen molar-refractivity contribution in [2.45, 2.75) is 31.2 Å². The fraction of sp³-hybridized carbons (Fsp3) is 1.00. The average molecular weight is 167 g/mol. The smallest absolute Gasteiger partial charge is 0.0594 e. The summed E-state index contributed by atoms with van der Waals surface area (Å²) in [5.41, 5.74) is 0.684. The van der Waals surface area contributed by atoms with Crippen molar-refractivity contribution in [3.8, 4) is 0 Å². The molecule has 0 bridgehead atoms. The minimum atomic E-state index is 0.684. The predicted molar refractivity (Wildman–Crippen MR) is 47.1 cm³/mol. The Hall–Kier alpha value is -0.0800. The molecule has 0 aromatic rings. The molecule has 3 aliphatic rings. The molecule has 1 heterocycles. The Morgan fingerprint density at radius 1 is 1.25 bits per heavy atom. The van der Waals surface area contributed by atoms with Crippen molar-refractivity contribution >= 4 is 0 Å². The molecule has 2 atom stereocenters. The van der Waals surface area contributed by atoms with Gasteiger partial charge in [0.1, 0.15) is 0 Å². The minimum absolute atomic E-state index is 0.684. The minimum Gasteiger partial charge on any atom is -0.379 e. The molecule has 1 aliphatic heterocycles. The van der Waals surface area contributed by atoms with E-state index in [9.17, 15) is 0 Å². The third-order valence-electron chi connectivity index (χ3n) is 4.00. The van der Waals surface area contributed by atoms with E-state index in [2.05, 4.69) is 4.90 Å². The number of rotatable bonds is 1. The molecular formula is C10H17NO. The standard InChI is InChI=1S/C10H17NO/c1-2-9-8-10(9,3-1)11-4-6-12-7-5-11/h9H,1-8H2. The molecule has 2 heteroatoms. The van der Waals surface area contributed by atoms with E-state index in [-0.39, 0.29) is 0 Å². The topological polar surface area (TPSA) is 12.5 Å². The second-order valence-electron chi connectivity index (χ2n) is 4.50. The van der Waals surface area contributed by atoms with Gasteiger partial charge in [0.25, 0.3) is 0 Å². The van der Waals surface area contributed by atoms with Gasteiger partial charge in [-0.15, -0.1) is 0 Å². The maximum Gasteiger partial charge on any atom is 0.0594 e. The van der Waals surface area contributed by atoms with Gasteiger partial charge < -0.3 is 4.74 Å². The van der Waals surface area contributed by atoms with E-state index in [1.54, 1.807) is 0 Å². The van der Waals surface area contributed by atoms with Crippen molar-refractivity contribution in [3.63, 3.8) is 0 Å². The van der Waals surface area contributed by atoms with Gasteiger partial charge in [0.2, 0.25) is 0 Å². The van der Waals surface area contributed by atoms with E-state index in [4.69, 9.17) is 4.74 Å². The predicted octanol–water partition coefficient (Wildman–Crippen LogP) is 1.26. The SMILES string of the molecule is C1CC2CC2(N2CCOCC2)C1. The van der Waals surface area contributed by atoms with Crippen LogP contribution in [0.4, 0.5) is 0 Å². The largest absolute Gasteiger partial charge is 0.379 e. The normalized spacial score (nSPS) is 47.5. The third-order valence-corrected chi connectivity index (χ3v) is 4.00. The molecule has 3 fully saturated rings. The van der Waals surface area contributed by atoms with Crippen LogP contribution in [0.1, 0.15) is 25.7 Å². The molecule has 0 aromatic heterocycles. The quantitative estimate of drug-likeness (QED) is 0.583. The van der Waals surface area contributed by atoms with Crippen LogP contribution in [0.5, 0.6) is 0 Å². The number of hydrogen-bond acceptors (Lipinski definition) is 2. The van der Waals surface area contributed by atoms with Crippen molar-refractivity contribution in [1.82, 2.24) is 4.90 Å². The van der Waals surface area contributed by atoms with Crippen LogP contribution in [0.2, 0.25) is 0 Å². The second kappa shape index (κ2) is 2.46. The zero-order valence-electron chi connectivity index (χ0n) is 7.59. The van der Waals surface area contributed by atoms with E-state index >= 15 is 0 Å². The summed E-state index contributed by atoms with van der Waals surface area (Å²) in [4.78, 5) is 2.70. The van der Waals surface area contributed by atoms with Gasteiger partial charge in [-0.05, 0) is 25.2 Å². The van der Waals surface area contributed by atoms with E-state index < -0.39 is 0 Å². The molecule has 2 nitrogen and oxygen atoms in total. The van der Waals surface area contributed by atoms with Crippen LogP contribution in [0, 0.1) is 5.92 Å². The monoisotopic (exact) mass is 167 g/mol. The highest BCUT2D eigenvalue weighted by Gasteiger charge is 2.60. The van der Waals surface area contributed by atoms with Gasteiger partial charge in [-0.2, -0.15) is 0 Å². The van der Waals surface area contributed by atoms with Crippen LogP contribution in [0.3, 0.4) is 0 Å². The van der Waals surface area contributed by atoms with Crippen LogP contribution in [-0.2, 0) is 4.74 Å². The molecule has 0 aromatic carbocycles. The summed E-state index contributed by atoms with van der Waals surface area (Å²) in [5, 5.41) is 0. The highest BCUT2D eigenvalue weighted by molar-refractivity contribution is 5.15. The summed E-state index contributed by atoms with van der Waals surface area (Å²) in [5.74, 6) is 1.07. The van der Waals surface area contributed by atoms with E-state index in [1.165, 1.54) is 38.8 Å². The second-order valence-corrected chi connectivity index (χ2v) is 4.50. The molecule has 0 amide bonds. The summed E-state index contributed by atoms with van der Waals surface area (Å²) in [6.07, 6.45) is 5.93. The third kappa shape index (κ3) is 0.882.